The van der Waals surface area contributed by atoms with Gasteiger partial charge in [0.1, 0.15) is 0 Å². The number of thioether (sulfide) groups is 1. The van der Waals surface area contributed by atoms with E-state index in [9.17, 15) is 9.50 Å². The molecule has 1 fully saturated rings. The number of hydrogen-bond donors (Lipinski definition) is 1. The van der Waals surface area contributed by atoms with Crippen LogP contribution in [-0.2, 0) is 6.42 Å². The third-order valence-corrected chi connectivity index (χ3v) is 5.10. The molecule has 2 nitrogen and oxygen atoms in total. The van der Waals surface area contributed by atoms with E-state index in [1.807, 2.05) is 6.92 Å². The smallest absolute Gasteiger partial charge is 0.168 e. The molecule has 1 heterocycles. The molecule has 2 rings (SSSR count). The number of methoxy groups -OCH3 is 1. The van der Waals surface area contributed by atoms with Gasteiger partial charge < -0.3 is 9.84 Å². The lowest BCUT2D eigenvalue weighted by molar-refractivity contribution is 0.0289. The SMILES string of the molecule is COc1cccc(CC2(O)CCCSC2C)c1F. The lowest BCUT2D eigenvalue weighted by Crippen LogP contribution is -2.43. The predicted molar refractivity (Wildman–Crippen MR) is 72.8 cm³/mol. The van der Waals surface area contributed by atoms with Crippen molar-refractivity contribution in [3.8, 4) is 5.75 Å². The molecule has 0 bridgehead atoms. The monoisotopic (exact) mass is 270 g/mol. The van der Waals surface area contributed by atoms with Crippen molar-refractivity contribution < 1.29 is 14.2 Å². The molecule has 1 aliphatic rings. The van der Waals surface area contributed by atoms with Crippen molar-refractivity contribution in [2.24, 2.45) is 0 Å². The number of ether oxygens (including phenoxy) is 1. The molecule has 0 aliphatic carbocycles. The van der Waals surface area contributed by atoms with Gasteiger partial charge in [-0.2, -0.15) is 11.8 Å². The van der Waals surface area contributed by atoms with E-state index < -0.39 is 5.60 Å². The molecule has 0 amide bonds. The van der Waals surface area contributed by atoms with Crippen LogP contribution in [0.15, 0.2) is 18.2 Å². The summed E-state index contributed by atoms with van der Waals surface area (Å²) in [7, 11) is 1.45. The van der Waals surface area contributed by atoms with Crippen LogP contribution in [0.5, 0.6) is 5.75 Å². The molecule has 1 aromatic rings. The Kier molecular flexibility index (Phi) is 4.17. The Hall–Kier alpha value is -0.740. The van der Waals surface area contributed by atoms with E-state index in [2.05, 4.69) is 0 Å². The molecular weight excluding hydrogens is 251 g/mol. The van der Waals surface area contributed by atoms with Crippen LogP contribution in [0.25, 0.3) is 0 Å². The fraction of sp³-hybridized carbons (Fsp3) is 0.571. The topological polar surface area (TPSA) is 29.5 Å². The van der Waals surface area contributed by atoms with E-state index in [0.717, 1.165) is 18.6 Å². The highest BCUT2D eigenvalue weighted by molar-refractivity contribution is 8.00. The van der Waals surface area contributed by atoms with Crippen LogP contribution in [0.4, 0.5) is 4.39 Å². The summed E-state index contributed by atoms with van der Waals surface area (Å²) in [5, 5.41) is 10.8. The van der Waals surface area contributed by atoms with Gasteiger partial charge in [0.05, 0.1) is 12.7 Å². The number of rotatable bonds is 3. The van der Waals surface area contributed by atoms with Gasteiger partial charge in [-0.3, -0.25) is 0 Å². The van der Waals surface area contributed by atoms with Gasteiger partial charge in [0, 0.05) is 11.7 Å². The van der Waals surface area contributed by atoms with Crippen molar-refractivity contribution in [2.45, 2.75) is 37.0 Å². The second kappa shape index (κ2) is 5.49. The fourth-order valence-corrected chi connectivity index (χ4v) is 3.59. The molecule has 2 atom stereocenters. The minimum Gasteiger partial charge on any atom is -0.494 e. The van der Waals surface area contributed by atoms with Crippen molar-refractivity contribution in [3.05, 3.63) is 29.6 Å². The first kappa shape index (κ1) is 13.7. The molecule has 18 heavy (non-hydrogen) atoms. The van der Waals surface area contributed by atoms with Gasteiger partial charge in [-0.25, -0.2) is 4.39 Å². The zero-order valence-electron chi connectivity index (χ0n) is 10.8. The minimum absolute atomic E-state index is 0.136. The normalized spacial score (nSPS) is 28.1. The third-order valence-electron chi connectivity index (χ3n) is 3.64. The van der Waals surface area contributed by atoms with Crippen LogP contribution in [0.2, 0.25) is 0 Å². The van der Waals surface area contributed by atoms with E-state index in [0.29, 0.717) is 12.0 Å². The van der Waals surface area contributed by atoms with Crippen LogP contribution in [-0.4, -0.2) is 28.8 Å². The summed E-state index contributed by atoms with van der Waals surface area (Å²) in [6.07, 6.45) is 2.07. The van der Waals surface area contributed by atoms with Gasteiger partial charge in [-0.15, -0.1) is 0 Å². The molecule has 0 aromatic heterocycles. The zero-order valence-corrected chi connectivity index (χ0v) is 11.6. The summed E-state index contributed by atoms with van der Waals surface area (Å²) < 4.78 is 19.1. The molecule has 0 radical (unpaired) electrons. The predicted octanol–water partition coefficient (Wildman–Crippen LogP) is 3.02. The number of hydrogen-bond acceptors (Lipinski definition) is 3. The first-order valence-corrected chi connectivity index (χ1v) is 7.27. The first-order valence-electron chi connectivity index (χ1n) is 6.22. The quantitative estimate of drug-likeness (QED) is 0.915. The van der Waals surface area contributed by atoms with Crippen LogP contribution in [0.1, 0.15) is 25.3 Å². The van der Waals surface area contributed by atoms with Crippen molar-refractivity contribution >= 4 is 11.8 Å². The van der Waals surface area contributed by atoms with Gasteiger partial charge >= 0.3 is 0 Å². The van der Waals surface area contributed by atoms with Gasteiger partial charge in [0.15, 0.2) is 11.6 Å². The van der Waals surface area contributed by atoms with Crippen molar-refractivity contribution in [1.29, 1.82) is 0 Å². The zero-order chi connectivity index (χ0) is 13.2. The lowest BCUT2D eigenvalue weighted by atomic mass is 9.86. The molecular formula is C14H19FO2S. The maximum atomic E-state index is 14.1. The third kappa shape index (κ3) is 2.64. The standard InChI is InChI=1S/C14H19FO2S/c1-10-14(16,7-4-8-18-10)9-11-5-3-6-12(17-2)13(11)15/h3,5-6,10,16H,4,7-9H2,1-2H3. The molecule has 100 valence electrons. The van der Waals surface area contributed by atoms with Gasteiger partial charge in [0.25, 0.3) is 0 Å². The molecule has 1 N–H and O–H groups in total. The second-order valence-corrected chi connectivity index (χ2v) is 6.28. The summed E-state index contributed by atoms with van der Waals surface area (Å²) in [5.74, 6) is 0.966. The van der Waals surface area contributed by atoms with Crippen LogP contribution in [0, 0.1) is 5.82 Å². The second-order valence-electron chi connectivity index (χ2n) is 4.83. The van der Waals surface area contributed by atoms with Crippen LogP contribution < -0.4 is 4.74 Å². The van der Waals surface area contributed by atoms with Crippen molar-refractivity contribution in [2.75, 3.05) is 12.9 Å². The Balaban J connectivity index is 2.22. The van der Waals surface area contributed by atoms with Gasteiger partial charge in [-0.1, -0.05) is 19.1 Å². The maximum Gasteiger partial charge on any atom is 0.168 e. The van der Waals surface area contributed by atoms with E-state index in [1.54, 1.807) is 30.0 Å². The van der Waals surface area contributed by atoms with Gasteiger partial charge in [-0.05, 0) is 30.2 Å². The molecule has 1 saturated heterocycles. The van der Waals surface area contributed by atoms with E-state index in [1.165, 1.54) is 7.11 Å². The fourth-order valence-electron chi connectivity index (χ4n) is 2.41. The molecule has 1 aromatic carbocycles. The largest absolute Gasteiger partial charge is 0.494 e. The lowest BCUT2D eigenvalue weighted by Gasteiger charge is -2.38. The summed E-state index contributed by atoms with van der Waals surface area (Å²) in [4.78, 5) is 0. The van der Waals surface area contributed by atoms with Crippen molar-refractivity contribution in [1.82, 2.24) is 0 Å². The average Bonchev–Trinajstić information content (AvgIpc) is 2.36. The summed E-state index contributed by atoms with van der Waals surface area (Å²) in [6.45, 7) is 2.02. The van der Waals surface area contributed by atoms with E-state index in [4.69, 9.17) is 4.74 Å². The van der Waals surface area contributed by atoms with Crippen LogP contribution in [0.3, 0.4) is 0 Å². The Morgan fingerprint density at radius 2 is 2.33 bits per heavy atom. The number of benzene rings is 1. The van der Waals surface area contributed by atoms with Crippen molar-refractivity contribution in [3.63, 3.8) is 0 Å². The molecule has 4 heteroatoms. The average molecular weight is 270 g/mol. The summed E-state index contributed by atoms with van der Waals surface area (Å²) in [6, 6.07) is 5.09. The Morgan fingerprint density at radius 3 is 3.00 bits per heavy atom. The molecule has 0 saturated carbocycles. The Labute approximate surface area is 112 Å². The summed E-state index contributed by atoms with van der Waals surface area (Å²) >= 11 is 1.76. The number of halogens is 1. The summed E-state index contributed by atoms with van der Waals surface area (Å²) in [5.41, 5.74) is -0.276. The Morgan fingerprint density at radius 1 is 1.56 bits per heavy atom. The first-order chi connectivity index (χ1) is 8.57. The maximum absolute atomic E-state index is 14.1. The number of aliphatic hydroxyl groups is 1. The Bertz CT molecular complexity index is 424. The minimum atomic E-state index is -0.809. The molecule has 2 unspecified atom stereocenters. The van der Waals surface area contributed by atoms with Crippen LogP contribution >= 0.6 is 11.8 Å². The van der Waals surface area contributed by atoms with E-state index >= 15 is 0 Å². The highest BCUT2D eigenvalue weighted by Crippen LogP contribution is 2.37. The highest BCUT2D eigenvalue weighted by atomic mass is 32.2. The van der Waals surface area contributed by atoms with E-state index in [-0.39, 0.29) is 16.8 Å². The highest BCUT2D eigenvalue weighted by Gasteiger charge is 2.37. The van der Waals surface area contributed by atoms with Gasteiger partial charge in [0.2, 0.25) is 0 Å². The molecule has 0 spiro atoms. The molecule has 1 aliphatic heterocycles.